The van der Waals surface area contributed by atoms with Gasteiger partial charge in [-0.25, -0.2) is 10.2 Å². The fraction of sp³-hybridized carbons (Fsp3) is 0.435. The van der Waals surface area contributed by atoms with Crippen LogP contribution in [0.1, 0.15) is 60.3 Å². The molecule has 44 heavy (non-hydrogen) atoms. The van der Waals surface area contributed by atoms with Crippen LogP contribution in [0.4, 0.5) is 52.7 Å². The first-order chi connectivity index (χ1) is 18.5. The van der Waals surface area contributed by atoms with E-state index < -0.39 is 54.6 Å². The van der Waals surface area contributed by atoms with Crippen LogP contribution in [0.3, 0.4) is 0 Å². The molecule has 7 nitrogen and oxygen atoms in total. The number of aromatic amines is 1. The van der Waals surface area contributed by atoms with Crippen molar-refractivity contribution in [3.05, 3.63) is 75.9 Å². The summed E-state index contributed by atoms with van der Waals surface area (Å²) >= 11 is 0. The molecule has 1 radical (unpaired) electrons. The van der Waals surface area contributed by atoms with Gasteiger partial charge in [-0.15, -0.1) is 0 Å². The maximum atomic E-state index is 13.6. The van der Waals surface area contributed by atoms with E-state index in [-0.39, 0.29) is 55.3 Å². The van der Waals surface area contributed by atoms with Crippen LogP contribution in [0.2, 0.25) is 0 Å². The van der Waals surface area contributed by atoms with Crippen molar-refractivity contribution < 1.29 is 71.5 Å². The first kappa shape index (κ1) is 40.7. The second-order valence-electron chi connectivity index (χ2n) is 8.81. The van der Waals surface area contributed by atoms with E-state index in [4.69, 9.17) is 0 Å². The molecule has 4 aromatic heterocycles. The van der Waals surface area contributed by atoms with E-state index in [2.05, 4.69) is 20.4 Å². The first-order valence-corrected chi connectivity index (χ1v) is 11.1. The van der Waals surface area contributed by atoms with Crippen LogP contribution in [0.5, 0.6) is 0 Å². The van der Waals surface area contributed by atoms with Gasteiger partial charge in [0.25, 0.3) is 0 Å². The molecule has 4 rings (SSSR count). The maximum absolute atomic E-state index is 13.6. The topological polar surface area (TPSA) is 69.2 Å². The third-order valence-corrected chi connectivity index (χ3v) is 5.32. The second-order valence-corrected chi connectivity index (χ2v) is 8.81. The summed E-state index contributed by atoms with van der Waals surface area (Å²) in [6.07, 6.45) is -18.5. The van der Waals surface area contributed by atoms with Gasteiger partial charge in [0.1, 0.15) is 5.69 Å². The Morgan fingerprint density at radius 2 is 1.16 bits per heavy atom. The Labute approximate surface area is 255 Å². The van der Waals surface area contributed by atoms with E-state index in [0.29, 0.717) is 33.0 Å². The van der Waals surface area contributed by atoms with Gasteiger partial charge in [0, 0.05) is 5.69 Å². The van der Waals surface area contributed by atoms with E-state index in [1.807, 2.05) is 0 Å². The molecule has 0 unspecified atom stereocenters. The molecule has 241 valence electrons. The van der Waals surface area contributed by atoms with Gasteiger partial charge in [0.15, 0.2) is 11.4 Å². The predicted molar refractivity (Wildman–Crippen MR) is 132 cm³/mol. The summed E-state index contributed by atoms with van der Waals surface area (Å²) in [6, 6.07) is 2.74. The monoisotopic (exact) mass is 646 g/mol. The summed E-state index contributed by atoms with van der Waals surface area (Å²) in [7, 11) is -2.15. The number of nitrogens with one attached hydrogen (secondary N) is 1. The SMILES string of the molecule is C.C.Cc1cc(C(F)(F)F)n([B-](n2nc(C(F)(F)F)cc2C)n2nc(C)cc2C(F)(F)F)c1.Cc1cc(C(F)(F)F)n[nH]1.[Li+]. The standard InChI is InChI=1S/C16H13BF9N5.C5H5F3N2.2CH4.Li/c1-8-4-12(15(21,22)23)29(7-8)17(30-10(3)6-11(28-30)14(18,19)20)31-13(16(24,25)26)5-9(2)27-31;1-3-2-4(10-9-3)5(6,7)8;;;/h4-7H,1-3H3;2H,1H3,(H,9,10);2*1H4;/q-1;;;;+1. The number of hydrogen-bond donors (Lipinski definition) is 1. The molecule has 1 N–H and O–H groups in total. The molecule has 4 aromatic rings. The van der Waals surface area contributed by atoms with Crippen molar-refractivity contribution in [2.24, 2.45) is 0 Å². The third kappa shape index (κ3) is 9.13. The third-order valence-electron chi connectivity index (χ3n) is 5.32. The Morgan fingerprint density at radius 1 is 0.636 bits per heavy atom. The largest absolute Gasteiger partial charge is 1.00 e. The van der Waals surface area contributed by atoms with Crippen LogP contribution in [-0.2, 0) is 24.7 Å². The van der Waals surface area contributed by atoms with Crippen LogP contribution in [-0.4, -0.2) is 41.2 Å². The van der Waals surface area contributed by atoms with Crippen molar-refractivity contribution in [1.29, 1.82) is 0 Å². The average Bonchev–Trinajstić information content (AvgIpc) is 3.55. The molecule has 0 atom stereocenters. The van der Waals surface area contributed by atoms with Crippen LogP contribution < -0.4 is 18.9 Å². The summed E-state index contributed by atoms with van der Waals surface area (Å²) < 4.78 is 157. The number of nitrogens with zero attached hydrogens (tertiary/aromatic N) is 6. The fourth-order valence-corrected chi connectivity index (χ4v) is 3.70. The summed E-state index contributed by atoms with van der Waals surface area (Å²) in [5, 5.41) is 12.2. The zero-order chi connectivity index (χ0) is 31.3. The van der Waals surface area contributed by atoms with Gasteiger partial charge in [-0.2, -0.15) is 57.8 Å². The minimum atomic E-state index is -5.05. The normalized spacial score (nSPS) is 12.2. The summed E-state index contributed by atoms with van der Waals surface area (Å²) in [6.45, 7) is 5.04. The molecule has 0 aromatic carbocycles. The van der Waals surface area contributed by atoms with Crippen LogP contribution in [0, 0.1) is 27.7 Å². The van der Waals surface area contributed by atoms with E-state index in [0.717, 1.165) is 19.2 Å². The number of alkyl halides is 12. The Balaban J connectivity index is 0.00000122. The van der Waals surface area contributed by atoms with Crippen molar-refractivity contribution in [3.8, 4) is 0 Å². The molecule has 0 aliphatic carbocycles. The summed E-state index contributed by atoms with van der Waals surface area (Å²) in [4.78, 5) is 0. The van der Waals surface area contributed by atoms with Crippen molar-refractivity contribution in [2.45, 2.75) is 67.3 Å². The van der Waals surface area contributed by atoms with Gasteiger partial charge in [-0.05, 0) is 69.4 Å². The van der Waals surface area contributed by atoms with Gasteiger partial charge in [-0.1, -0.05) is 14.9 Å². The van der Waals surface area contributed by atoms with Crippen LogP contribution in [0.25, 0.3) is 0 Å². The van der Waals surface area contributed by atoms with Gasteiger partial charge in [0.05, 0.1) is 11.4 Å². The van der Waals surface area contributed by atoms with Crippen molar-refractivity contribution in [1.82, 2.24) is 34.1 Å². The molecule has 0 spiro atoms. The van der Waals surface area contributed by atoms with Crippen LogP contribution in [0.15, 0.2) is 30.5 Å². The number of aromatic nitrogens is 7. The predicted octanol–water partition coefficient (Wildman–Crippen LogP) is 4.81. The van der Waals surface area contributed by atoms with E-state index in [1.165, 1.54) is 20.8 Å². The molecule has 0 saturated heterocycles. The number of halogens is 12. The number of rotatable bonds is 3. The number of H-pyrrole nitrogens is 1. The molecule has 0 aliphatic heterocycles. The Kier molecular flexibility index (Phi) is 12.8. The molecular formula is C23H26BF12LiN7. The minimum absolute atomic E-state index is 0. The average molecular weight is 646 g/mol. The van der Waals surface area contributed by atoms with E-state index in [1.54, 1.807) is 0 Å². The molecule has 0 amide bonds. The smallest absolute Gasteiger partial charge is 0.502 e. The maximum Gasteiger partial charge on any atom is 1.00 e. The zero-order valence-corrected chi connectivity index (χ0v) is 22.2. The molecule has 4 heterocycles. The summed E-state index contributed by atoms with van der Waals surface area (Å²) in [5.74, 6) is 0. The van der Waals surface area contributed by atoms with E-state index >= 15 is 0 Å². The molecule has 0 saturated carbocycles. The van der Waals surface area contributed by atoms with Crippen molar-refractivity contribution in [2.75, 3.05) is 0 Å². The Morgan fingerprint density at radius 3 is 1.55 bits per heavy atom. The Hall–Kier alpha value is -3.27. The molecular weight excluding hydrogens is 620 g/mol. The molecule has 0 fully saturated rings. The molecule has 0 bridgehead atoms. The number of aryl methyl sites for hydroxylation is 4. The van der Waals surface area contributed by atoms with Gasteiger partial charge >= 0.3 is 43.6 Å². The van der Waals surface area contributed by atoms with Crippen molar-refractivity contribution >= 4 is 7.12 Å². The fourth-order valence-electron chi connectivity index (χ4n) is 3.70. The summed E-state index contributed by atoms with van der Waals surface area (Å²) in [5.41, 5.74) is -5.25. The van der Waals surface area contributed by atoms with Crippen LogP contribution >= 0.6 is 0 Å². The Bertz CT molecular complexity index is 1450. The van der Waals surface area contributed by atoms with Gasteiger partial charge in [-0.3, -0.25) is 5.10 Å². The quantitative estimate of drug-likeness (QED) is 0.257. The van der Waals surface area contributed by atoms with E-state index in [9.17, 15) is 52.7 Å². The van der Waals surface area contributed by atoms with Gasteiger partial charge in [0.2, 0.25) is 7.12 Å². The second kappa shape index (κ2) is 13.8. The first-order valence-electron chi connectivity index (χ1n) is 11.1. The van der Waals surface area contributed by atoms with Crippen molar-refractivity contribution in [3.63, 3.8) is 0 Å². The molecule has 0 aliphatic rings. The minimum Gasteiger partial charge on any atom is -0.502 e. The zero-order valence-electron chi connectivity index (χ0n) is 22.2. The number of hydrogen-bond acceptors (Lipinski definition) is 3. The molecule has 21 heteroatoms. The van der Waals surface area contributed by atoms with Gasteiger partial charge < -0.3 is 13.7 Å².